The Labute approximate surface area is 157 Å². The van der Waals surface area contributed by atoms with Crippen LogP contribution in [0.1, 0.15) is 46.5 Å². The maximum Gasteiger partial charge on any atom is 0.270 e. The lowest BCUT2D eigenvalue weighted by Crippen LogP contribution is -2.46. The molecule has 138 valence electrons. The van der Waals surface area contributed by atoms with E-state index in [4.69, 9.17) is 0 Å². The van der Waals surface area contributed by atoms with Gasteiger partial charge in [0.1, 0.15) is 0 Å². The van der Waals surface area contributed by atoms with Gasteiger partial charge in [-0.15, -0.1) is 0 Å². The van der Waals surface area contributed by atoms with Gasteiger partial charge in [0.25, 0.3) is 5.69 Å². The Balaban J connectivity index is 1.93. The van der Waals surface area contributed by atoms with Gasteiger partial charge in [-0.05, 0) is 46.2 Å². The van der Waals surface area contributed by atoms with Gasteiger partial charge >= 0.3 is 0 Å². The average molecular weight is 412 g/mol. The van der Waals surface area contributed by atoms with Gasteiger partial charge in [-0.1, -0.05) is 33.6 Å². The summed E-state index contributed by atoms with van der Waals surface area (Å²) in [6, 6.07) is 4.66. The highest BCUT2D eigenvalue weighted by atomic mass is 79.9. The second kappa shape index (κ2) is 8.27. The van der Waals surface area contributed by atoms with Gasteiger partial charge in [-0.2, -0.15) is 0 Å². The van der Waals surface area contributed by atoms with Crippen LogP contribution >= 0.6 is 15.9 Å². The molecule has 0 radical (unpaired) electrons. The normalized spacial score (nSPS) is 21.0. The summed E-state index contributed by atoms with van der Waals surface area (Å²) in [5.74, 6) is 0.410. The van der Waals surface area contributed by atoms with E-state index >= 15 is 0 Å². The largest absolute Gasteiger partial charge is 0.324 e. The maximum absolute atomic E-state index is 12.3. The second-order valence-electron chi connectivity index (χ2n) is 7.71. The fourth-order valence-electron chi connectivity index (χ4n) is 3.55. The van der Waals surface area contributed by atoms with Crippen LogP contribution in [0, 0.1) is 21.4 Å². The van der Waals surface area contributed by atoms with Crippen molar-refractivity contribution >= 4 is 33.2 Å². The van der Waals surface area contributed by atoms with Crippen LogP contribution in [-0.4, -0.2) is 23.4 Å². The van der Waals surface area contributed by atoms with E-state index in [1.54, 1.807) is 6.07 Å². The van der Waals surface area contributed by atoms with E-state index in [-0.39, 0.29) is 23.6 Å². The quantitative estimate of drug-likeness (QED) is 0.551. The molecule has 1 amide bonds. The first-order chi connectivity index (χ1) is 11.7. The van der Waals surface area contributed by atoms with Crippen LogP contribution in [0.25, 0.3) is 0 Å². The van der Waals surface area contributed by atoms with Gasteiger partial charge in [0, 0.05) is 22.6 Å². The molecule has 7 heteroatoms. The van der Waals surface area contributed by atoms with Crippen LogP contribution in [-0.2, 0) is 4.79 Å². The Kier molecular flexibility index (Phi) is 6.57. The van der Waals surface area contributed by atoms with E-state index in [1.165, 1.54) is 31.4 Å². The zero-order chi connectivity index (χ0) is 18.6. The third kappa shape index (κ3) is 5.51. The van der Waals surface area contributed by atoms with Crippen molar-refractivity contribution < 1.29 is 9.72 Å². The minimum atomic E-state index is -0.465. The lowest BCUT2D eigenvalue weighted by Gasteiger charge is -2.40. The van der Waals surface area contributed by atoms with E-state index in [2.05, 4.69) is 47.3 Å². The number of halogens is 1. The number of nitro groups is 1. The molecule has 1 fully saturated rings. The SMILES string of the molecule is CC(C)(C)C1CCCCC1NCC(=O)Nc1ccc([N+](=O)[O-])cc1Br. The Morgan fingerprint density at radius 1 is 1.32 bits per heavy atom. The summed E-state index contributed by atoms with van der Waals surface area (Å²) in [7, 11) is 0. The molecule has 0 aliphatic heterocycles. The molecule has 0 aromatic heterocycles. The van der Waals surface area contributed by atoms with Crippen LogP contribution in [0.2, 0.25) is 0 Å². The summed E-state index contributed by atoms with van der Waals surface area (Å²) < 4.78 is 0.500. The Morgan fingerprint density at radius 3 is 2.60 bits per heavy atom. The Hall–Kier alpha value is -1.47. The third-order valence-electron chi connectivity index (χ3n) is 4.84. The lowest BCUT2D eigenvalue weighted by atomic mass is 9.69. The highest BCUT2D eigenvalue weighted by molar-refractivity contribution is 9.10. The zero-order valence-corrected chi connectivity index (χ0v) is 16.6. The van der Waals surface area contributed by atoms with Crippen LogP contribution in [0.4, 0.5) is 11.4 Å². The molecule has 2 N–H and O–H groups in total. The van der Waals surface area contributed by atoms with Crippen molar-refractivity contribution in [3.8, 4) is 0 Å². The number of anilines is 1. The number of non-ortho nitro benzene ring substituents is 1. The molecule has 2 rings (SSSR count). The van der Waals surface area contributed by atoms with Crippen molar-refractivity contribution in [3.05, 3.63) is 32.8 Å². The Morgan fingerprint density at radius 2 is 2.00 bits per heavy atom. The number of carbonyl (C=O) groups excluding carboxylic acids is 1. The van der Waals surface area contributed by atoms with Crippen molar-refractivity contribution in [3.63, 3.8) is 0 Å². The lowest BCUT2D eigenvalue weighted by molar-refractivity contribution is -0.384. The number of hydrogen-bond donors (Lipinski definition) is 2. The predicted octanol–water partition coefficient (Wildman–Crippen LogP) is 4.49. The van der Waals surface area contributed by atoms with Crippen LogP contribution < -0.4 is 10.6 Å². The molecular weight excluding hydrogens is 386 g/mol. The molecule has 2 atom stereocenters. The van der Waals surface area contributed by atoms with Crippen molar-refractivity contribution in [2.45, 2.75) is 52.5 Å². The first kappa shape index (κ1) is 19.8. The van der Waals surface area contributed by atoms with Crippen LogP contribution in [0.15, 0.2) is 22.7 Å². The smallest absolute Gasteiger partial charge is 0.270 e. The summed E-state index contributed by atoms with van der Waals surface area (Å²) >= 11 is 3.27. The molecule has 0 bridgehead atoms. The van der Waals surface area contributed by atoms with Crippen molar-refractivity contribution in [2.75, 3.05) is 11.9 Å². The van der Waals surface area contributed by atoms with E-state index < -0.39 is 4.92 Å². The van der Waals surface area contributed by atoms with E-state index in [0.717, 1.165) is 6.42 Å². The highest BCUT2D eigenvalue weighted by Crippen LogP contribution is 2.38. The number of hydrogen-bond acceptors (Lipinski definition) is 4. The average Bonchev–Trinajstić information content (AvgIpc) is 2.54. The molecule has 1 aromatic carbocycles. The van der Waals surface area contributed by atoms with Crippen LogP contribution in [0.5, 0.6) is 0 Å². The molecule has 1 saturated carbocycles. The summed E-state index contributed by atoms with van der Waals surface area (Å²) in [4.78, 5) is 22.6. The fraction of sp³-hybridized carbons (Fsp3) is 0.611. The summed E-state index contributed by atoms with van der Waals surface area (Å²) in [5.41, 5.74) is 0.738. The minimum absolute atomic E-state index is 0.0155. The summed E-state index contributed by atoms with van der Waals surface area (Å²) in [6.45, 7) is 7.00. The fourth-order valence-corrected chi connectivity index (χ4v) is 4.01. The molecular formula is C18H26BrN3O3. The van der Waals surface area contributed by atoms with Crippen molar-refractivity contribution in [1.29, 1.82) is 0 Å². The summed E-state index contributed by atoms with van der Waals surface area (Å²) in [6.07, 6.45) is 4.73. The maximum atomic E-state index is 12.3. The zero-order valence-electron chi connectivity index (χ0n) is 15.0. The molecule has 1 aliphatic carbocycles. The number of nitro benzene ring substituents is 1. The first-order valence-corrected chi connectivity index (χ1v) is 9.45. The van der Waals surface area contributed by atoms with E-state index in [0.29, 0.717) is 22.1 Å². The van der Waals surface area contributed by atoms with Crippen molar-refractivity contribution in [2.24, 2.45) is 11.3 Å². The molecule has 2 unspecified atom stereocenters. The molecule has 1 aromatic rings. The monoisotopic (exact) mass is 411 g/mol. The number of nitrogens with one attached hydrogen (secondary N) is 2. The van der Waals surface area contributed by atoms with Gasteiger partial charge < -0.3 is 10.6 Å². The second-order valence-corrected chi connectivity index (χ2v) is 8.57. The van der Waals surface area contributed by atoms with Gasteiger partial charge in [-0.25, -0.2) is 0 Å². The van der Waals surface area contributed by atoms with Crippen molar-refractivity contribution in [1.82, 2.24) is 5.32 Å². The highest BCUT2D eigenvalue weighted by Gasteiger charge is 2.33. The molecule has 0 heterocycles. The number of rotatable bonds is 5. The number of benzene rings is 1. The molecule has 0 spiro atoms. The number of nitrogens with zero attached hydrogens (tertiary/aromatic N) is 1. The molecule has 1 aliphatic rings. The standard InChI is InChI=1S/C18H26BrN3O3/c1-18(2,3)13-6-4-5-7-15(13)20-11-17(23)21-16-9-8-12(22(24)25)10-14(16)19/h8-10,13,15,20H,4-7,11H2,1-3H3,(H,21,23). The minimum Gasteiger partial charge on any atom is -0.324 e. The van der Waals surface area contributed by atoms with E-state index in [9.17, 15) is 14.9 Å². The third-order valence-corrected chi connectivity index (χ3v) is 5.50. The van der Waals surface area contributed by atoms with Crippen LogP contribution in [0.3, 0.4) is 0 Å². The van der Waals surface area contributed by atoms with Gasteiger partial charge in [-0.3, -0.25) is 14.9 Å². The van der Waals surface area contributed by atoms with E-state index in [1.807, 2.05) is 0 Å². The van der Waals surface area contributed by atoms with Gasteiger partial charge in [0.2, 0.25) is 5.91 Å². The summed E-state index contributed by atoms with van der Waals surface area (Å²) in [5, 5.41) is 17.0. The molecule has 0 saturated heterocycles. The number of carbonyl (C=O) groups is 1. The van der Waals surface area contributed by atoms with Gasteiger partial charge in [0.15, 0.2) is 0 Å². The molecule has 25 heavy (non-hydrogen) atoms. The first-order valence-electron chi connectivity index (χ1n) is 8.65. The Bertz CT molecular complexity index is 643. The number of amides is 1. The van der Waals surface area contributed by atoms with Gasteiger partial charge in [0.05, 0.1) is 17.2 Å². The predicted molar refractivity (Wildman–Crippen MR) is 103 cm³/mol. The topological polar surface area (TPSA) is 84.3 Å². The molecule has 6 nitrogen and oxygen atoms in total.